The maximum Gasteiger partial charge on any atom is 0.416 e. The van der Waals surface area contributed by atoms with Crippen molar-refractivity contribution in [2.75, 3.05) is 0 Å². The van der Waals surface area contributed by atoms with Gasteiger partial charge in [-0.15, -0.1) is 0 Å². The molecule has 1 amide bonds. The van der Waals surface area contributed by atoms with Gasteiger partial charge in [0, 0.05) is 31.0 Å². The highest BCUT2D eigenvalue weighted by molar-refractivity contribution is 9.11. The van der Waals surface area contributed by atoms with E-state index in [0.29, 0.717) is 20.6 Å². The number of nitrogens with one attached hydrogen (secondary N) is 2. The summed E-state index contributed by atoms with van der Waals surface area (Å²) in [5.74, 6) is -1.52. The molecule has 4 aromatic carbocycles. The number of hydrazone groups is 1. The third-order valence-corrected chi connectivity index (χ3v) is 7.62. The van der Waals surface area contributed by atoms with Crippen LogP contribution in [0, 0.1) is 0 Å². The fourth-order valence-corrected chi connectivity index (χ4v) is 5.91. The Hall–Kier alpha value is -3.74. The Morgan fingerprint density at radius 2 is 1.64 bits per heavy atom. The van der Waals surface area contributed by atoms with Gasteiger partial charge < -0.3 is 9.72 Å². The van der Waals surface area contributed by atoms with Crippen LogP contribution in [0.25, 0.3) is 22.0 Å². The molecule has 0 atom stereocenters. The van der Waals surface area contributed by atoms with E-state index in [4.69, 9.17) is 4.74 Å². The van der Waals surface area contributed by atoms with E-state index < -0.39 is 23.6 Å². The highest BCUT2D eigenvalue weighted by Gasteiger charge is 2.31. The number of hydrogen-bond acceptors (Lipinski definition) is 4. The molecule has 0 saturated heterocycles. The van der Waals surface area contributed by atoms with Crippen molar-refractivity contribution in [3.05, 3.63) is 121 Å². The highest BCUT2D eigenvalue weighted by atomic mass is 79.9. The maximum atomic E-state index is 13.3. The molecule has 212 valence electrons. The quantitative estimate of drug-likeness (QED) is 0.0784. The van der Waals surface area contributed by atoms with Gasteiger partial charge in [0.15, 0.2) is 5.75 Å². The number of aromatic nitrogens is 1. The van der Waals surface area contributed by atoms with Crippen molar-refractivity contribution in [2.45, 2.75) is 6.18 Å². The van der Waals surface area contributed by atoms with Crippen LogP contribution in [0.4, 0.5) is 13.2 Å². The van der Waals surface area contributed by atoms with Crippen molar-refractivity contribution in [3.8, 4) is 16.9 Å². The predicted molar refractivity (Wildman–Crippen MR) is 165 cm³/mol. The fraction of sp³-hybridized carbons (Fsp3) is 0.0333. The molecule has 0 aliphatic heterocycles. The molecule has 0 unspecified atom stereocenters. The van der Waals surface area contributed by atoms with Gasteiger partial charge in [0.25, 0.3) is 5.91 Å². The van der Waals surface area contributed by atoms with E-state index in [1.807, 2.05) is 48.5 Å². The third kappa shape index (κ3) is 6.50. The van der Waals surface area contributed by atoms with E-state index in [-0.39, 0.29) is 22.6 Å². The monoisotopic (exact) mass is 761 g/mol. The predicted octanol–water partition coefficient (Wildman–Crippen LogP) is 9.12. The molecule has 5 rings (SSSR count). The third-order valence-electron chi connectivity index (χ3n) is 6.08. The second-order valence-corrected chi connectivity index (χ2v) is 11.6. The molecule has 0 bridgehead atoms. The maximum absolute atomic E-state index is 13.3. The zero-order chi connectivity index (χ0) is 30.0. The lowest BCUT2D eigenvalue weighted by Gasteiger charge is -2.12. The van der Waals surface area contributed by atoms with Crippen LogP contribution in [-0.2, 0) is 6.18 Å². The van der Waals surface area contributed by atoms with Gasteiger partial charge in [-0.2, -0.15) is 18.3 Å². The number of fused-ring (bicyclic) bond motifs is 1. The second-order valence-electron chi connectivity index (χ2n) is 8.90. The zero-order valence-electron chi connectivity index (χ0n) is 21.1. The Balaban J connectivity index is 1.43. The summed E-state index contributed by atoms with van der Waals surface area (Å²) in [6.07, 6.45) is -3.35. The molecule has 0 fully saturated rings. The molecule has 0 spiro atoms. The van der Waals surface area contributed by atoms with Crippen LogP contribution in [0.15, 0.2) is 103 Å². The molecule has 2 N–H and O–H groups in total. The minimum atomic E-state index is -4.62. The molecule has 5 aromatic rings. The van der Waals surface area contributed by atoms with E-state index in [9.17, 15) is 22.8 Å². The molecule has 1 heterocycles. The van der Waals surface area contributed by atoms with Crippen LogP contribution in [0.5, 0.6) is 5.75 Å². The molecule has 12 heteroatoms. The lowest BCUT2D eigenvalue weighted by molar-refractivity contribution is -0.137. The largest absolute Gasteiger partial charge is 0.421 e. The molecular formula is C30H17Br3F3N3O3. The average Bonchev–Trinajstić information content (AvgIpc) is 3.33. The summed E-state index contributed by atoms with van der Waals surface area (Å²) in [6, 6.07) is 22.2. The number of amides is 1. The van der Waals surface area contributed by atoms with E-state index in [0.717, 1.165) is 33.1 Å². The Kier molecular flexibility index (Phi) is 8.67. The van der Waals surface area contributed by atoms with Crippen LogP contribution >= 0.6 is 47.8 Å². The minimum absolute atomic E-state index is 0.000882. The van der Waals surface area contributed by atoms with Gasteiger partial charge in [-0.25, -0.2) is 10.2 Å². The molecule has 1 aromatic heterocycles. The van der Waals surface area contributed by atoms with E-state index in [1.54, 1.807) is 12.1 Å². The number of ether oxygens (including phenoxy) is 1. The van der Waals surface area contributed by atoms with Gasteiger partial charge in [-0.05, 0) is 70.0 Å². The minimum Gasteiger partial charge on any atom is -0.421 e. The van der Waals surface area contributed by atoms with Crippen molar-refractivity contribution in [3.63, 3.8) is 0 Å². The topological polar surface area (TPSA) is 83.5 Å². The fourth-order valence-electron chi connectivity index (χ4n) is 4.21. The Bertz CT molecular complexity index is 1860. The first-order valence-electron chi connectivity index (χ1n) is 12.1. The lowest BCUT2D eigenvalue weighted by Crippen LogP contribution is -2.19. The number of H-pyrrole nitrogens is 1. The van der Waals surface area contributed by atoms with E-state index in [1.165, 1.54) is 12.3 Å². The first-order chi connectivity index (χ1) is 20.0. The van der Waals surface area contributed by atoms with E-state index >= 15 is 0 Å². The number of benzene rings is 4. The second kappa shape index (κ2) is 12.2. The van der Waals surface area contributed by atoms with Crippen molar-refractivity contribution >= 4 is 76.8 Å². The molecule has 6 nitrogen and oxygen atoms in total. The summed E-state index contributed by atoms with van der Waals surface area (Å²) in [4.78, 5) is 29.3. The van der Waals surface area contributed by atoms with Gasteiger partial charge in [0.1, 0.15) is 5.69 Å². The molecule has 0 radical (unpaired) electrons. The number of nitrogens with zero attached hydrogens (tertiary/aromatic N) is 1. The van der Waals surface area contributed by atoms with Gasteiger partial charge >= 0.3 is 12.1 Å². The van der Waals surface area contributed by atoms with Crippen molar-refractivity contribution in [1.82, 2.24) is 10.4 Å². The molecule has 42 heavy (non-hydrogen) atoms. The van der Waals surface area contributed by atoms with Gasteiger partial charge in [-0.1, -0.05) is 68.3 Å². The number of carbonyl (C=O) groups excluding carboxylic acids is 2. The number of aromatic amines is 1. The van der Waals surface area contributed by atoms with Crippen LogP contribution in [0.2, 0.25) is 0 Å². The number of esters is 1. The zero-order valence-corrected chi connectivity index (χ0v) is 25.9. The van der Waals surface area contributed by atoms with Crippen LogP contribution in [0.1, 0.15) is 32.0 Å². The first-order valence-corrected chi connectivity index (χ1v) is 14.5. The van der Waals surface area contributed by atoms with Crippen molar-refractivity contribution < 1.29 is 27.5 Å². The van der Waals surface area contributed by atoms with Crippen LogP contribution in [-0.4, -0.2) is 23.1 Å². The van der Waals surface area contributed by atoms with Gasteiger partial charge in [0.2, 0.25) is 0 Å². The summed E-state index contributed by atoms with van der Waals surface area (Å²) in [5.41, 5.74) is 4.07. The number of rotatable bonds is 6. The number of carbonyl (C=O) groups is 2. The summed E-state index contributed by atoms with van der Waals surface area (Å²) in [5, 5.41) is 4.91. The van der Waals surface area contributed by atoms with Crippen LogP contribution in [0.3, 0.4) is 0 Å². The lowest BCUT2D eigenvalue weighted by atomic mass is 10.0. The Labute approximate surface area is 262 Å². The summed E-state index contributed by atoms with van der Waals surface area (Å²) in [6.45, 7) is 0. The van der Waals surface area contributed by atoms with Crippen molar-refractivity contribution in [2.24, 2.45) is 5.10 Å². The van der Waals surface area contributed by atoms with Gasteiger partial charge in [0.05, 0.1) is 21.8 Å². The Morgan fingerprint density at radius 1 is 0.881 bits per heavy atom. The SMILES string of the molecule is O=C(Oc1c(Br)cc(Br)cc1C=NNC(=O)c1[nH]c2ccc(Br)cc2c1-c1ccccc1)c1cccc(C(F)(F)F)c1. The van der Waals surface area contributed by atoms with Crippen LogP contribution < -0.4 is 10.2 Å². The molecule has 0 aliphatic carbocycles. The van der Waals surface area contributed by atoms with E-state index in [2.05, 4.69) is 63.3 Å². The Morgan fingerprint density at radius 3 is 2.38 bits per heavy atom. The number of halogens is 6. The number of alkyl halides is 3. The van der Waals surface area contributed by atoms with Gasteiger partial charge in [-0.3, -0.25) is 4.79 Å². The smallest absolute Gasteiger partial charge is 0.416 e. The highest BCUT2D eigenvalue weighted by Crippen LogP contribution is 2.35. The average molecular weight is 764 g/mol. The summed E-state index contributed by atoms with van der Waals surface area (Å²) in [7, 11) is 0. The summed E-state index contributed by atoms with van der Waals surface area (Å²) >= 11 is 10.2. The number of hydrogen-bond donors (Lipinski definition) is 2. The molecular weight excluding hydrogens is 747 g/mol. The standard InChI is InChI=1S/C30H17Br3F3N3O3/c31-20-9-10-24-22(13-20)25(16-5-2-1-3-6-16)26(38-24)28(40)39-37-15-18-12-21(32)14-23(33)27(18)42-29(41)17-7-4-8-19(11-17)30(34,35)36/h1-15,38H,(H,39,40). The molecule has 0 aliphatic rings. The molecule has 0 saturated carbocycles. The normalized spacial score (nSPS) is 11.7. The first kappa shape index (κ1) is 29.7. The summed E-state index contributed by atoms with van der Waals surface area (Å²) < 4.78 is 46.6. The van der Waals surface area contributed by atoms with Crippen molar-refractivity contribution in [1.29, 1.82) is 0 Å².